The van der Waals surface area contributed by atoms with Gasteiger partial charge in [-0.2, -0.15) is 30.6 Å². The van der Waals surface area contributed by atoms with E-state index in [2.05, 4.69) is 143 Å². The van der Waals surface area contributed by atoms with Gasteiger partial charge >= 0.3 is 12.2 Å². The molecule has 658 valence electrons. The normalized spacial score (nSPS) is 14.4. The minimum absolute atomic E-state index is 0.153. The van der Waals surface area contributed by atoms with Crippen molar-refractivity contribution in [3.8, 4) is 34.5 Å². The summed E-state index contributed by atoms with van der Waals surface area (Å²) in [6, 6.07) is 35.6. The van der Waals surface area contributed by atoms with Gasteiger partial charge in [-0.1, -0.05) is 12.8 Å². The zero-order valence-corrected chi connectivity index (χ0v) is 74.0. The molecule has 0 radical (unpaired) electrons. The van der Waals surface area contributed by atoms with Crippen molar-refractivity contribution in [3.63, 3.8) is 0 Å². The van der Waals surface area contributed by atoms with Crippen molar-refractivity contribution >= 4 is 80.2 Å². The summed E-state index contributed by atoms with van der Waals surface area (Å²) >= 11 is 0. The Hall–Kier alpha value is -13.4. The second kappa shape index (κ2) is 39.6. The van der Waals surface area contributed by atoms with Crippen LogP contribution in [-0.4, -0.2) is 220 Å². The van der Waals surface area contributed by atoms with E-state index in [-0.39, 0.29) is 17.8 Å². The van der Waals surface area contributed by atoms with Crippen molar-refractivity contribution in [3.05, 3.63) is 218 Å². The fourth-order valence-corrected chi connectivity index (χ4v) is 15.7. The Morgan fingerprint density at radius 3 is 1.14 bits per heavy atom. The standard InChI is InChI=1S/C30H35N9O3.C26H31N8O.C25H27N9O.C11H21NO2/c1-21-16-23(6-7-25(21)41-24-9-13-38-26(17-24)31-19-33-38)35-28-27-22(8-12-39(27)34-20-32-28)18-36-10-5-11-37(15-14-36)29(40)42-30(2,3)4;1-5-34(6-2,7-3)16-20-10-12-33-25(20)26(28-18-30-33)31-21-8-9-23(19(4)14-21)35-22-11-13-32-24(15-22)27-17-29-32;1-18-13-20(3-4-22(18)35-21-6-11-33-23(14-21)27-16-29-33)31-25-24-19(5-10-34(24)30-17-28-25)15-32-9-2-7-26-8-12-32;1-11(2,3)14-10(13)12-8-6-4-5-7-9-12/h6-9,12-13,16-17,19-20H,5,10-11,14-15,18H2,1-4H3,(H,32,34,35);8-15,17-18H,5-7,16H2,1-4H3,(H,28,30,31);3-6,10-11,13-14,16-17,26H,2,7-9,12,15H2,1H3,(H,28,30,31);4-9H2,1-3H3/q;+1;;. The lowest BCUT2D eigenvalue weighted by molar-refractivity contribution is -0.936. The largest absolute Gasteiger partial charge is 0.457 e. The van der Waals surface area contributed by atoms with Crippen LogP contribution in [0.2, 0.25) is 0 Å². The molecule has 0 saturated carbocycles. The number of pyridine rings is 3. The van der Waals surface area contributed by atoms with Crippen molar-refractivity contribution in [1.29, 1.82) is 0 Å². The molecular formula is C92H114N27O7+. The molecule has 0 bridgehead atoms. The quantitative estimate of drug-likeness (QED) is 0.0486. The molecule has 3 aromatic carbocycles. The number of anilines is 6. The molecular weight excluding hydrogens is 1600 g/mol. The van der Waals surface area contributed by atoms with E-state index in [1.165, 1.54) is 43.0 Å². The van der Waals surface area contributed by atoms with Crippen LogP contribution in [0.5, 0.6) is 34.5 Å². The highest BCUT2D eigenvalue weighted by Crippen LogP contribution is 2.36. The lowest BCUT2D eigenvalue weighted by atomic mass is 10.2. The van der Waals surface area contributed by atoms with Crippen molar-refractivity contribution in [2.24, 2.45) is 0 Å². The van der Waals surface area contributed by atoms with Crippen molar-refractivity contribution in [1.82, 2.24) is 113 Å². The summed E-state index contributed by atoms with van der Waals surface area (Å²) in [5, 5.41) is 39.6. The second-order valence-corrected chi connectivity index (χ2v) is 33.9. The first-order chi connectivity index (χ1) is 61.0. The molecule has 0 atom stereocenters. The lowest BCUT2D eigenvalue weighted by Gasteiger charge is -2.35. The highest BCUT2D eigenvalue weighted by Gasteiger charge is 2.29. The Balaban J connectivity index is 0.000000136. The summed E-state index contributed by atoms with van der Waals surface area (Å²) in [5.41, 5.74) is 13.6. The molecule has 0 aliphatic carbocycles. The van der Waals surface area contributed by atoms with E-state index >= 15 is 0 Å². The molecule has 15 heterocycles. The van der Waals surface area contributed by atoms with E-state index in [0.717, 1.165) is 229 Å². The van der Waals surface area contributed by atoms with E-state index < -0.39 is 5.60 Å². The molecule has 3 aliphatic rings. The molecule has 3 aliphatic heterocycles. The van der Waals surface area contributed by atoms with Crippen LogP contribution in [-0.2, 0) is 29.1 Å². The third-order valence-corrected chi connectivity index (χ3v) is 22.6. The summed E-state index contributed by atoms with van der Waals surface area (Å²) in [7, 11) is 0. The van der Waals surface area contributed by atoms with Crippen LogP contribution in [0.3, 0.4) is 0 Å². The Kier molecular flexibility index (Phi) is 27.5. The monoisotopic (exact) mass is 1710 g/mol. The number of likely N-dealkylation sites (tertiary alicyclic amines) is 1. The van der Waals surface area contributed by atoms with Gasteiger partial charge in [0.25, 0.3) is 0 Å². The minimum atomic E-state index is -0.503. The topological polar surface area (TPSA) is 323 Å². The molecule has 4 N–H and O–H groups in total. The van der Waals surface area contributed by atoms with E-state index in [0.29, 0.717) is 30.3 Å². The maximum atomic E-state index is 12.6. The Labute approximate surface area is 732 Å². The number of carbonyl (C=O) groups excluding carboxylic acids is 2. The number of hydrogen-bond acceptors (Lipinski definition) is 25. The summed E-state index contributed by atoms with van der Waals surface area (Å²) in [6.07, 6.45) is 27.1. The van der Waals surface area contributed by atoms with Crippen molar-refractivity contribution in [2.45, 2.75) is 152 Å². The molecule has 3 fully saturated rings. The van der Waals surface area contributed by atoms with Crippen LogP contribution in [0.1, 0.15) is 134 Å². The molecule has 34 nitrogen and oxygen atoms in total. The first-order valence-corrected chi connectivity index (χ1v) is 43.4. The third kappa shape index (κ3) is 22.2. The Morgan fingerprint density at radius 1 is 0.381 bits per heavy atom. The molecule has 3 saturated heterocycles. The number of fused-ring (bicyclic) bond motifs is 6. The maximum Gasteiger partial charge on any atom is 0.410 e. The van der Waals surface area contributed by atoms with Gasteiger partial charge in [-0.15, -0.1) is 0 Å². The SMILES string of the molecule is CC(C)(C)OC(=O)N1CCCCCC1.CC[N+](CC)(CC)Cc1ccn2ncnc(Nc3ccc(Oc4ccn5ncnc5c4)c(C)c3)c12.Cc1cc(Nc2ncnn3ccc(CN4CCCN(C(=O)OC(C)(C)C)CC4)c23)ccc1Oc1ccn2ncnc2c1.Cc1cc(Nc2ncnn3ccc(CN4CCCNCC4)c23)ccc1Oc1ccn2ncnc2c1. The third-order valence-electron chi connectivity index (χ3n) is 22.6. The summed E-state index contributed by atoms with van der Waals surface area (Å²) in [6.45, 7) is 39.0. The van der Waals surface area contributed by atoms with Gasteiger partial charge in [0.15, 0.2) is 34.4 Å². The smallest absolute Gasteiger partial charge is 0.410 e. The van der Waals surface area contributed by atoms with Gasteiger partial charge in [-0.25, -0.2) is 66.6 Å². The Bertz CT molecular complexity index is 6190. The van der Waals surface area contributed by atoms with Crippen molar-refractivity contribution < 1.29 is 37.8 Å². The fraction of sp³-hybridized carbons (Fsp3) is 0.391. The van der Waals surface area contributed by atoms with E-state index in [1.54, 1.807) is 32.5 Å². The number of hydrogen-bond donors (Lipinski definition) is 4. The minimum Gasteiger partial charge on any atom is -0.457 e. The predicted molar refractivity (Wildman–Crippen MR) is 484 cm³/mol. The second-order valence-electron chi connectivity index (χ2n) is 33.9. The lowest BCUT2D eigenvalue weighted by Crippen LogP contribution is -2.46. The van der Waals surface area contributed by atoms with Crippen LogP contribution in [0.15, 0.2) is 184 Å². The molecule has 15 aromatic rings. The highest BCUT2D eigenvalue weighted by molar-refractivity contribution is 5.79. The number of carbonyl (C=O) groups is 2. The number of aromatic nitrogens is 18. The van der Waals surface area contributed by atoms with Gasteiger partial charge in [-0.05, 0) is 241 Å². The van der Waals surface area contributed by atoms with E-state index in [1.807, 2.05) is 202 Å². The predicted octanol–water partition coefficient (Wildman–Crippen LogP) is 16.3. The van der Waals surface area contributed by atoms with E-state index in [4.69, 9.17) is 23.7 Å². The highest BCUT2D eigenvalue weighted by atomic mass is 16.6. The van der Waals surface area contributed by atoms with Gasteiger partial charge in [0.05, 0.1) is 19.6 Å². The summed E-state index contributed by atoms with van der Waals surface area (Å²) in [5.74, 6) is 6.75. The number of aryl methyl sites for hydroxylation is 3. The fourth-order valence-electron chi connectivity index (χ4n) is 15.7. The van der Waals surface area contributed by atoms with E-state index in [9.17, 15) is 9.59 Å². The van der Waals surface area contributed by atoms with Crippen molar-refractivity contribution in [2.75, 3.05) is 101 Å². The first-order valence-electron chi connectivity index (χ1n) is 43.4. The van der Waals surface area contributed by atoms with Gasteiger partial charge < -0.3 is 59.2 Å². The van der Waals surface area contributed by atoms with Crippen LogP contribution >= 0.6 is 0 Å². The average molecular weight is 1710 g/mol. The molecule has 0 spiro atoms. The van der Waals surface area contributed by atoms with Crippen LogP contribution < -0.4 is 35.5 Å². The molecule has 0 unspecified atom stereocenters. The summed E-state index contributed by atoms with van der Waals surface area (Å²) in [4.78, 5) is 59.2. The Morgan fingerprint density at radius 2 is 0.738 bits per heavy atom. The number of nitrogens with zero attached hydrogens (tertiary/aromatic N) is 23. The molecule has 126 heavy (non-hydrogen) atoms. The van der Waals surface area contributed by atoms with Crippen LogP contribution in [0.25, 0.3) is 33.5 Å². The maximum absolute atomic E-state index is 12.6. The van der Waals surface area contributed by atoms with Gasteiger partial charge in [-0.3, -0.25) is 9.80 Å². The number of rotatable bonds is 21. The van der Waals surface area contributed by atoms with Gasteiger partial charge in [0.1, 0.15) is 107 Å². The van der Waals surface area contributed by atoms with Gasteiger partial charge in [0.2, 0.25) is 0 Å². The van der Waals surface area contributed by atoms with Crippen LogP contribution in [0.4, 0.5) is 44.1 Å². The summed E-state index contributed by atoms with van der Waals surface area (Å²) < 4.78 is 41.1. The molecule has 12 aromatic heterocycles. The molecule has 18 rings (SSSR count). The number of benzene rings is 3. The number of quaternary nitrogens is 1. The molecule has 2 amide bonds. The number of nitrogens with one attached hydrogen (secondary N) is 4. The van der Waals surface area contributed by atoms with Gasteiger partial charge in [0, 0.05) is 143 Å². The zero-order chi connectivity index (χ0) is 87.9. The average Bonchev–Trinajstić information content (AvgIpc) is 1.60. The number of amides is 2. The first kappa shape index (κ1) is 87.5. The van der Waals surface area contributed by atoms with Crippen LogP contribution in [0, 0.1) is 20.8 Å². The number of ether oxygens (including phenoxy) is 5. The zero-order valence-electron chi connectivity index (χ0n) is 74.0. The molecule has 34 heteroatoms.